The first-order valence-electron chi connectivity index (χ1n) is 21.7. The molecule has 0 spiro atoms. The molecule has 0 saturated heterocycles. The SMILES string of the molecule is COC1=C2c3cc(OC)c(CO)cc3OC[C@H]2Oc2c1ccc1c2C=[C]([Sn]([CH3])([CH3])[CH3])C(C)(C)O1.COC1=C2c3cc(OC)c(CO)cc3OC[C@H]2Oc2c1ccc1c2CC(=O)C(C)(C)O1. The average Bonchev–Trinajstić information content (AvgIpc) is 3.28. The van der Waals surface area contributed by atoms with Crippen LogP contribution in [0.15, 0.2) is 52.1 Å². The number of carbonyl (C=O) groups is 1. The monoisotopic (exact) mass is 996 g/mol. The molecule has 0 aromatic heterocycles. The number of rotatable bonds is 7. The van der Waals surface area contributed by atoms with E-state index in [9.17, 15) is 15.0 Å². The number of benzene rings is 4. The summed E-state index contributed by atoms with van der Waals surface area (Å²) < 4.78 is 61.8. The van der Waals surface area contributed by atoms with Crippen LogP contribution in [0.5, 0.6) is 46.0 Å². The fourth-order valence-electron chi connectivity index (χ4n) is 9.84. The molecule has 2 atom stereocenters. The van der Waals surface area contributed by atoms with Crippen molar-refractivity contribution < 1.29 is 62.4 Å². The van der Waals surface area contributed by atoms with Gasteiger partial charge in [-0.3, -0.25) is 4.79 Å². The van der Waals surface area contributed by atoms with Crippen molar-refractivity contribution in [2.45, 2.75) is 85.6 Å². The van der Waals surface area contributed by atoms with Gasteiger partial charge in [0.05, 0.1) is 26.4 Å². The molecular weight excluding hydrogens is 939 g/mol. The van der Waals surface area contributed by atoms with Crippen LogP contribution in [0, 0.1) is 0 Å². The second-order valence-corrected chi connectivity index (χ2v) is 33.2. The molecule has 0 bridgehead atoms. The predicted octanol–water partition coefficient (Wildman–Crippen LogP) is 8.43. The zero-order chi connectivity index (χ0) is 46.3. The molecule has 10 rings (SSSR count). The van der Waals surface area contributed by atoms with Crippen molar-refractivity contribution in [2.24, 2.45) is 0 Å². The van der Waals surface area contributed by atoms with Gasteiger partial charge in [-0.2, -0.15) is 0 Å². The van der Waals surface area contributed by atoms with Crippen molar-refractivity contribution in [3.05, 3.63) is 96.6 Å². The molecule has 0 unspecified atom stereocenters. The van der Waals surface area contributed by atoms with Crippen LogP contribution in [0.2, 0.25) is 14.8 Å². The predicted molar refractivity (Wildman–Crippen MR) is 248 cm³/mol. The molecule has 6 heterocycles. The first-order chi connectivity index (χ1) is 31.0. The van der Waals surface area contributed by atoms with E-state index in [2.05, 4.69) is 34.7 Å². The van der Waals surface area contributed by atoms with E-state index in [0.717, 1.165) is 61.8 Å². The maximum Gasteiger partial charge on any atom is 0.180 e. The third-order valence-corrected chi connectivity index (χ3v) is 19.6. The van der Waals surface area contributed by atoms with Gasteiger partial charge in [-0.25, -0.2) is 0 Å². The van der Waals surface area contributed by atoms with Gasteiger partial charge in [-0.05, 0) is 38.1 Å². The Morgan fingerprint density at radius 3 is 1.62 bits per heavy atom. The largest absolute Gasteiger partial charge is 0.496 e. The van der Waals surface area contributed by atoms with Crippen LogP contribution >= 0.6 is 0 Å². The van der Waals surface area contributed by atoms with Gasteiger partial charge in [0.15, 0.2) is 17.5 Å². The summed E-state index contributed by atoms with van der Waals surface area (Å²) in [5, 5.41) is 19.4. The molecule has 4 aromatic carbocycles. The van der Waals surface area contributed by atoms with Crippen LogP contribution in [0.4, 0.5) is 0 Å². The molecule has 4 aromatic rings. The molecular formula is C51H56O13Sn. The third-order valence-electron chi connectivity index (χ3n) is 12.9. The fraction of sp³-hybridized carbons (Fsp3) is 0.392. The zero-order valence-corrected chi connectivity index (χ0v) is 41.6. The van der Waals surface area contributed by atoms with E-state index in [-0.39, 0.29) is 43.7 Å². The van der Waals surface area contributed by atoms with E-state index in [4.69, 9.17) is 47.4 Å². The van der Waals surface area contributed by atoms with E-state index >= 15 is 0 Å². The number of ketones is 1. The fourth-order valence-corrected chi connectivity index (χ4v) is 16.8. The Bertz CT molecular complexity index is 2740. The second kappa shape index (κ2) is 16.4. The number of carbonyl (C=O) groups excluding carboxylic acids is 1. The molecule has 0 radical (unpaired) electrons. The number of fused-ring (bicyclic) bond motifs is 12. The van der Waals surface area contributed by atoms with Gasteiger partial charge in [0.1, 0.15) is 35.4 Å². The molecule has 13 nitrogen and oxygen atoms in total. The van der Waals surface area contributed by atoms with Crippen molar-refractivity contribution in [3.8, 4) is 46.0 Å². The Kier molecular flexibility index (Phi) is 11.3. The normalized spacial score (nSPS) is 20.1. The summed E-state index contributed by atoms with van der Waals surface area (Å²) in [4.78, 5) is 19.8. The molecule has 0 aliphatic carbocycles. The Labute approximate surface area is 383 Å². The number of aliphatic hydroxyl groups is 2. The maximum atomic E-state index is 12.6. The summed E-state index contributed by atoms with van der Waals surface area (Å²) in [7, 11) is 6.46. The molecule has 65 heavy (non-hydrogen) atoms. The summed E-state index contributed by atoms with van der Waals surface area (Å²) in [6.45, 7) is 8.19. The van der Waals surface area contributed by atoms with Crippen LogP contribution < -0.4 is 37.9 Å². The summed E-state index contributed by atoms with van der Waals surface area (Å²) in [6, 6.07) is 15.1. The topological polar surface area (TPSA) is 150 Å². The third kappa shape index (κ3) is 7.43. The first-order valence-corrected chi connectivity index (χ1v) is 31.7. The smallest absolute Gasteiger partial charge is 0.180 e. The minimum absolute atomic E-state index is 0.00254. The number of hydrogen-bond donors (Lipinski definition) is 2. The van der Waals surface area contributed by atoms with Gasteiger partial charge in [0.25, 0.3) is 0 Å². The average molecular weight is 996 g/mol. The molecule has 0 saturated carbocycles. The number of methoxy groups -OCH3 is 4. The number of hydrogen-bond acceptors (Lipinski definition) is 13. The van der Waals surface area contributed by atoms with E-state index < -0.39 is 30.1 Å². The second-order valence-electron chi connectivity index (χ2n) is 18.8. The summed E-state index contributed by atoms with van der Waals surface area (Å²) in [5.74, 6) is 6.75. The van der Waals surface area contributed by atoms with Crippen molar-refractivity contribution >= 4 is 52.9 Å². The Morgan fingerprint density at radius 1 is 0.631 bits per heavy atom. The zero-order valence-electron chi connectivity index (χ0n) is 38.8. The standard InChI is InChI=1S/C24H24O7.C24H23O6.3CH3.Sn/c1-24(2)20(26)9-15-16(31-24)6-5-13-22(15)30-19-11-29-18-7-12(10-25)17(27-3)8-14(18)21(19)23(13)28-4;1-24(2)8-7-14-17(30-24)6-5-15-22(14)29-20-12-28-19-9-13(11-25)18(26-3)10-16(19)21(20)23(15)27-4;;;;/h5-8,19,25H,9-11H2,1-4H3;5-7,9-10,20,25H,11-12H2,1-4H3;3*1H3;/t19-;20-;;;;/m11..../s1. The van der Waals surface area contributed by atoms with Crippen molar-refractivity contribution in [1.29, 1.82) is 0 Å². The van der Waals surface area contributed by atoms with E-state index in [1.54, 1.807) is 48.4 Å². The van der Waals surface area contributed by atoms with Crippen LogP contribution in [-0.4, -0.2) is 99.4 Å². The van der Waals surface area contributed by atoms with Gasteiger partial charge in [-0.1, -0.05) is 0 Å². The Morgan fingerprint density at radius 2 is 1.12 bits per heavy atom. The molecule has 0 fully saturated rings. The van der Waals surface area contributed by atoms with Crippen LogP contribution in [0.1, 0.15) is 72.2 Å². The number of ether oxygens (including phenoxy) is 10. The summed E-state index contributed by atoms with van der Waals surface area (Å²) in [6.07, 6.45) is 1.78. The van der Waals surface area contributed by atoms with Crippen LogP contribution in [-0.2, 0) is 33.9 Å². The number of Topliss-reactive ketones (excluding diaryl/α,β-unsaturated/α-hetero) is 1. The minimum atomic E-state index is -2.46. The quantitative estimate of drug-likeness (QED) is 0.171. The van der Waals surface area contributed by atoms with Crippen molar-refractivity contribution in [3.63, 3.8) is 0 Å². The summed E-state index contributed by atoms with van der Waals surface area (Å²) in [5.41, 5.74) is 6.91. The molecule has 0 amide bonds. The van der Waals surface area contributed by atoms with Crippen molar-refractivity contribution in [1.82, 2.24) is 0 Å². The molecule has 6 aliphatic rings. The maximum absolute atomic E-state index is 12.6. The van der Waals surface area contributed by atoms with Crippen LogP contribution in [0.3, 0.4) is 0 Å². The van der Waals surface area contributed by atoms with Gasteiger partial charge < -0.3 is 33.9 Å². The van der Waals surface area contributed by atoms with Gasteiger partial charge in [0.2, 0.25) is 0 Å². The van der Waals surface area contributed by atoms with Gasteiger partial charge in [-0.15, -0.1) is 0 Å². The Hall–Kier alpha value is -5.51. The molecule has 2 N–H and O–H groups in total. The molecule has 342 valence electrons. The molecule has 14 heteroatoms. The Balaban J connectivity index is 0.000000165. The summed E-state index contributed by atoms with van der Waals surface area (Å²) >= 11 is -2.46. The van der Waals surface area contributed by atoms with Crippen molar-refractivity contribution in [2.75, 3.05) is 41.7 Å². The van der Waals surface area contributed by atoms with Gasteiger partial charge in [0, 0.05) is 28.7 Å². The first kappa shape index (κ1) is 44.7. The van der Waals surface area contributed by atoms with Gasteiger partial charge >= 0.3 is 200 Å². The van der Waals surface area contributed by atoms with E-state index in [0.29, 0.717) is 58.0 Å². The van der Waals surface area contributed by atoms with E-state index in [1.807, 2.05) is 42.5 Å². The number of aliphatic hydroxyl groups excluding tert-OH is 2. The molecule has 6 aliphatic heterocycles. The van der Waals surface area contributed by atoms with E-state index in [1.165, 1.54) is 3.59 Å². The minimum Gasteiger partial charge on any atom is -0.496 e. The van der Waals surface area contributed by atoms with Crippen LogP contribution in [0.25, 0.3) is 28.7 Å².